The number of alkyl halides is 2. The molecule has 0 saturated carbocycles. The average Bonchev–Trinajstić information content (AvgIpc) is 2.42. The Bertz CT molecular complexity index is 523. The molecule has 116 valence electrons. The number of nitrogens with zero attached hydrogens (tertiary/aromatic N) is 2. The Morgan fingerprint density at radius 1 is 1.48 bits per heavy atom. The van der Waals surface area contributed by atoms with Crippen LogP contribution in [0.5, 0.6) is 0 Å². The lowest BCUT2D eigenvalue weighted by Crippen LogP contribution is -2.32. The van der Waals surface area contributed by atoms with Crippen molar-refractivity contribution < 1.29 is 18.5 Å². The van der Waals surface area contributed by atoms with Crippen molar-refractivity contribution in [3.63, 3.8) is 0 Å². The molecule has 0 spiro atoms. The van der Waals surface area contributed by atoms with Gasteiger partial charge in [-0.2, -0.15) is 0 Å². The lowest BCUT2D eigenvalue weighted by atomic mass is 10.1. The van der Waals surface area contributed by atoms with Crippen LogP contribution in [0.3, 0.4) is 0 Å². The van der Waals surface area contributed by atoms with Gasteiger partial charge in [-0.05, 0) is 12.5 Å². The van der Waals surface area contributed by atoms with E-state index < -0.39 is 23.8 Å². The average molecular weight is 301 g/mol. The van der Waals surface area contributed by atoms with E-state index in [1.165, 1.54) is 25.2 Å². The molecule has 1 aromatic rings. The standard InChI is InChI=1S/C13H17F2N3O3/c1-3-7-16-12-9(5-4-6-10(12)18(20)21)13(19)17(2)8-11(14)15/h4-6,11,16H,3,7-8H2,1-2H3. The molecule has 1 aromatic carbocycles. The summed E-state index contributed by atoms with van der Waals surface area (Å²) in [5, 5.41) is 13.9. The summed E-state index contributed by atoms with van der Waals surface area (Å²) in [6.45, 7) is 1.57. The van der Waals surface area contributed by atoms with Crippen LogP contribution in [0.4, 0.5) is 20.2 Å². The van der Waals surface area contributed by atoms with E-state index in [1.54, 1.807) is 0 Å². The number of rotatable bonds is 7. The number of anilines is 1. The number of benzene rings is 1. The zero-order valence-electron chi connectivity index (χ0n) is 11.8. The van der Waals surface area contributed by atoms with Crippen molar-refractivity contribution >= 4 is 17.3 Å². The molecule has 0 aliphatic rings. The Labute approximate surface area is 120 Å². The molecule has 0 atom stereocenters. The van der Waals surface area contributed by atoms with Crippen molar-refractivity contribution in [3.8, 4) is 0 Å². The molecular formula is C13H17F2N3O3. The van der Waals surface area contributed by atoms with Crippen LogP contribution in [0.25, 0.3) is 0 Å². The maximum absolute atomic E-state index is 12.4. The summed E-state index contributed by atoms with van der Waals surface area (Å²) in [4.78, 5) is 23.4. The summed E-state index contributed by atoms with van der Waals surface area (Å²) in [5.41, 5.74) is -0.170. The van der Waals surface area contributed by atoms with Crippen LogP contribution in [-0.4, -0.2) is 42.3 Å². The van der Waals surface area contributed by atoms with Gasteiger partial charge in [-0.1, -0.05) is 13.0 Å². The fraction of sp³-hybridized carbons (Fsp3) is 0.462. The highest BCUT2D eigenvalue weighted by atomic mass is 19.3. The van der Waals surface area contributed by atoms with Crippen LogP contribution in [0, 0.1) is 10.1 Å². The van der Waals surface area contributed by atoms with Gasteiger partial charge in [0.05, 0.1) is 17.0 Å². The highest BCUT2D eigenvalue weighted by Crippen LogP contribution is 2.29. The first kappa shape index (κ1) is 16.8. The second-order valence-electron chi connectivity index (χ2n) is 4.46. The van der Waals surface area contributed by atoms with E-state index in [9.17, 15) is 23.7 Å². The number of hydrogen-bond acceptors (Lipinski definition) is 4. The largest absolute Gasteiger partial charge is 0.379 e. The molecule has 1 amide bonds. The van der Waals surface area contributed by atoms with Gasteiger partial charge in [-0.3, -0.25) is 14.9 Å². The van der Waals surface area contributed by atoms with Crippen LogP contribution >= 0.6 is 0 Å². The van der Waals surface area contributed by atoms with Gasteiger partial charge >= 0.3 is 0 Å². The van der Waals surface area contributed by atoms with Crippen molar-refractivity contribution in [2.24, 2.45) is 0 Å². The molecule has 21 heavy (non-hydrogen) atoms. The summed E-state index contributed by atoms with van der Waals surface area (Å²) in [6, 6.07) is 4.01. The first-order chi connectivity index (χ1) is 9.88. The predicted octanol–water partition coefficient (Wildman–Crippen LogP) is 2.75. The topological polar surface area (TPSA) is 75.5 Å². The molecule has 0 bridgehead atoms. The molecule has 0 fully saturated rings. The first-order valence-corrected chi connectivity index (χ1v) is 6.43. The van der Waals surface area contributed by atoms with E-state index in [-0.39, 0.29) is 16.9 Å². The molecule has 0 aliphatic heterocycles. The minimum Gasteiger partial charge on any atom is -0.379 e. The number of halogens is 2. The summed E-state index contributed by atoms with van der Waals surface area (Å²) in [7, 11) is 1.23. The Morgan fingerprint density at radius 2 is 2.14 bits per heavy atom. The molecule has 0 unspecified atom stereocenters. The lowest BCUT2D eigenvalue weighted by Gasteiger charge is -2.19. The number of carbonyl (C=O) groups excluding carboxylic acids is 1. The molecule has 0 saturated heterocycles. The highest BCUT2D eigenvalue weighted by Gasteiger charge is 2.24. The van der Waals surface area contributed by atoms with E-state index >= 15 is 0 Å². The summed E-state index contributed by atoms with van der Waals surface area (Å²) >= 11 is 0. The molecule has 1 N–H and O–H groups in total. The maximum Gasteiger partial charge on any atom is 0.293 e. The molecule has 0 aliphatic carbocycles. The minimum atomic E-state index is -2.66. The molecular weight excluding hydrogens is 284 g/mol. The van der Waals surface area contributed by atoms with Gasteiger partial charge in [0.25, 0.3) is 18.0 Å². The van der Waals surface area contributed by atoms with E-state index in [0.717, 1.165) is 4.90 Å². The fourth-order valence-corrected chi connectivity index (χ4v) is 1.80. The Morgan fingerprint density at radius 3 is 2.67 bits per heavy atom. The zero-order valence-corrected chi connectivity index (χ0v) is 11.8. The van der Waals surface area contributed by atoms with E-state index in [0.29, 0.717) is 13.0 Å². The molecule has 0 aromatic heterocycles. The third-order valence-electron chi connectivity index (χ3n) is 2.78. The SMILES string of the molecule is CCCNc1c(C(=O)N(C)CC(F)F)cccc1[N+](=O)[O-]. The number of amides is 1. The molecule has 8 heteroatoms. The summed E-state index contributed by atoms with van der Waals surface area (Å²) in [5.74, 6) is -0.683. The second-order valence-corrected chi connectivity index (χ2v) is 4.46. The van der Waals surface area contributed by atoms with Gasteiger partial charge < -0.3 is 10.2 Å². The van der Waals surface area contributed by atoms with Crippen LogP contribution in [-0.2, 0) is 0 Å². The fourth-order valence-electron chi connectivity index (χ4n) is 1.80. The molecule has 0 heterocycles. The van der Waals surface area contributed by atoms with E-state index in [1.807, 2.05) is 6.92 Å². The van der Waals surface area contributed by atoms with Gasteiger partial charge in [0, 0.05) is 19.7 Å². The quantitative estimate of drug-likeness (QED) is 0.620. The first-order valence-electron chi connectivity index (χ1n) is 6.43. The smallest absolute Gasteiger partial charge is 0.293 e. The van der Waals surface area contributed by atoms with Crippen LogP contribution in [0.1, 0.15) is 23.7 Å². The van der Waals surface area contributed by atoms with Crippen LogP contribution < -0.4 is 5.32 Å². The van der Waals surface area contributed by atoms with Crippen molar-refractivity contribution in [1.29, 1.82) is 0 Å². The molecule has 0 radical (unpaired) electrons. The third kappa shape index (κ3) is 4.37. The van der Waals surface area contributed by atoms with Crippen molar-refractivity contribution in [1.82, 2.24) is 4.90 Å². The Hall–Kier alpha value is -2.25. The van der Waals surface area contributed by atoms with Gasteiger partial charge in [-0.25, -0.2) is 8.78 Å². The number of nitro benzene ring substituents is 1. The summed E-state index contributed by atoms with van der Waals surface area (Å²) in [6.07, 6.45) is -1.96. The second kappa shape index (κ2) is 7.51. The Balaban J connectivity index is 3.18. The van der Waals surface area contributed by atoms with E-state index in [2.05, 4.69) is 5.32 Å². The number of carbonyl (C=O) groups is 1. The van der Waals surface area contributed by atoms with E-state index in [4.69, 9.17) is 0 Å². The van der Waals surface area contributed by atoms with Crippen molar-refractivity contribution in [3.05, 3.63) is 33.9 Å². The van der Waals surface area contributed by atoms with Gasteiger partial charge in [-0.15, -0.1) is 0 Å². The number of nitro groups is 1. The predicted molar refractivity (Wildman–Crippen MR) is 74.8 cm³/mol. The summed E-state index contributed by atoms with van der Waals surface area (Å²) < 4.78 is 24.7. The van der Waals surface area contributed by atoms with Gasteiger partial charge in [0.1, 0.15) is 5.69 Å². The number of hydrogen-bond donors (Lipinski definition) is 1. The number of para-hydroxylation sites is 1. The van der Waals surface area contributed by atoms with Crippen molar-refractivity contribution in [2.75, 3.05) is 25.5 Å². The van der Waals surface area contributed by atoms with Crippen molar-refractivity contribution in [2.45, 2.75) is 19.8 Å². The minimum absolute atomic E-state index is 0.0146. The molecule has 6 nitrogen and oxygen atoms in total. The van der Waals surface area contributed by atoms with Gasteiger partial charge in [0.2, 0.25) is 0 Å². The van der Waals surface area contributed by atoms with Gasteiger partial charge in [0.15, 0.2) is 0 Å². The molecule has 1 rings (SSSR count). The zero-order chi connectivity index (χ0) is 16.0. The highest BCUT2D eigenvalue weighted by molar-refractivity contribution is 6.01. The van der Waals surface area contributed by atoms with Crippen LogP contribution in [0.15, 0.2) is 18.2 Å². The number of nitrogens with one attached hydrogen (secondary N) is 1. The van der Waals surface area contributed by atoms with Crippen LogP contribution in [0.2, 0.25) is 0 Å². The third-order valence-corrected chi connectivity index (χ3v) is 2.78. The lowest BCUT2D eigenvalue weighted by molar-refractivity contribution is -0.384. The normalized spacial score (nSPS) is 10.5. The maximum atomic E-state index is 12.4. The Kier molecular flexibility index (Phi) is 6.01. The monoisotopic (exact) mass is 301 g/mol.